The molecule has 0 radical (unpaired) electrons. The minimum atomic E-state index is 0.000365. The minimum Gasteiger partial charge on any atom is -0.466 e. The fourth-order valence-electron chi connectivity index (χ4n) is 3.97. The zero-order chi connectivity index (χ0) is 14.7. The lowest BCUT2D eigenvalue weighted by atomic mass is 9.87. The summed E-state index contributed by atoms with van der Waals surface area (Å²) in [6, 6.07) is 0.592. The number of hydrogen-bond acceptors (Lipinski definition) is 5. The Morgan fingerprint density at radius 1 is 1.48 bits per heavy atom. The molecule has 3 aliphatic heterocycles. The molecule has 3 fully saturated rings. The molecule has 0 saturated carbocycles. The van der Waals surface area contributed by atoms with Crippen molar-refractivity contribution in [2.45, 2.75) is 50.7 Å². The molecule has 3 rings (SSSR count). The maximum absolute atomic E-state index is 12.0. The van der Waals surface area contributed by atoms with Crippen LogP contribution in [0.2, 0.25) is 0 Å². The topological polar surface area (TPSA) is 38.8 Å². The van der Waals surface area contributed by atoms with Crippen molar-refractivity contribution >= 4 is 17.7 Å². The Hall–Kier alpha value is -0.260. The number of carbonyl (C=O) groups is 1. The summed E-state index contributed by atoms with van der Waals surface area (Å²) in [5.41, 5.74) is 0.129. The lowest BCUT2D eigenvalue weighted by molar-refractivity contribution is -0.151. The number of piperidine rings is 1. The van der Waals surface area contributed by atoms with Crippen LogP contribution < -0.4 is 0 Å². The van der Waals surface area contributed by atoms with E-state index in [2.05, 4.69) is 4.90 Å². The van der Waals surface area contributed by atoms with Crippen molar-refractivity contribution < 1.29 is 14.3 Å². The Morgan fingerprint density at radius 2 is 2.38 bits per heavy atom. The van der Waals surface area contributed by atoms with Crippen LogP contribution >= 0.6 is 11.8 Å². The lowest BCUT2D eigenvalue weighted by Gasteiger charge is -2.45. The molecule has 3 heterocycles. The zero-order valence-corrected chi connectivity index (χ0v) is 13.8. The van der Waals surface area contributed by atoms with Crippen LogP contribution in [0.1, 0.15) is 39.0 Å². The van der Waals surface area contributed by atoms with E-state index in [1.54, 1.807) is 0 Å². The van der Waals surface area contributed by atoms with E-state index < -0.39 is 0 Å². The first-order valence-corrected chi connectivity index (χ1v) is 9.50. The molecule has 5 heteroatoms. The van der Waals surface area contributed by atoms with Gasteiger partial charge in [-0.05, 0) is 51.3 Å². The summed E-state index contributed by atoms with van der Waals surface area (Å²) in [6.07, 6.45) is 5.56. The van der Waals surface area contributed by atoms with Gasteiger partial charge in [0.2, 0.25) is 0 Å². The quantitative estimate of drug-likeness (QED) is 0.748. The second-order valence-corrected chi connectivity index (χ2v) is 7.67. The first-order valence-electron chi connectivity index (χ1n) is 8.35. The van der Waals surface area contributed by atoms with E-state index in [1.807, 2.05) is 18.7 Å². The van der Waals surface area contributed by atoms with Gasteiger partial charge in [0.05, 0.1) is 18.1 Å². The highest BCUT2D eigenvalue weighted by atomic mass is 32.2. The number of ether oxygens (including phenoxy) is 2. The summed E-state index contributed by atoms with van der Waals surface area (Å²) in [7, 11) is 0. The van der Waals surface area contributed by atoms with E-state index in [0.29, 0.717) is 12.6 Å². The summed E-state index contributed by atoms with van der Waals surface area (Å²) < 4.78 is 11.3. The van der Waals surface area contributed by atoms with E-state index in [0.717, 1.165) is 51.1 Å². The Labute approximate surface area is 131 Å². The van der Waals surface area contributed by atoms with Crippen molar-refractivity contribution in [1.29, 1.82) is 0 Å². The maximum atomic E-state index is 12.0. The van der Waals surface area contributed by atoms with Crippen LogP contribution in [0.5, 0.6) is 0 Å². The maximum Gasteiger partial charge on any atom is 0.310 e. The Morgan fingerprint density at radius 3 is 3.14 bits per heavy atom. The SMILES string of the molecule is CCOC(=O)[C@H]1CCCN(C2CCOC3(CCSC3)C2)C1. The molecule has 0 amide bonds. The van der Waals surface area contributed by atoms with E-state index in [-0.39, 0.29) is 17.5 Å². The summed E-state index contributed by atoms with van der Waals surface area (Å²) >= 11 is 2.02. The van der Waals surface area contributed by atoms with Crippen molar-refractivity contribution in [3.63, 3.8) is 0 Å². The van der Waals surface area contributed by atoms with Crippen molar-refractivity contribution in [3.05, 3.63) is 0 Å². The van der Waals surface area contributed by atoms with Crippen LogP contribution in [0.25, 0.3) is 0 Å². The summed E-state index contributed by atoms with van der Waals surface area (Å²) in [5.74, 6) is 2.47. The lowest BCUT2D eigenvalue weighted by Crippen LogP contribution is -2.52. The number of carbonyl (C=O) groups excluding carboxylic acids is 1. The zero-order valence-electron chi connectivity index (χ0n) is 13.0. The van der Waals surface area contributed by atoms with Gasteiger partial charge >= 0.3 is 5.97 Å². The van der Waals surface area contributed by atoms with Gasteiger partial charge in [-0.3, -0.25) is 9.69 Å². The standard InChI is InChI=1S/C16H27NO3S/c1-2-19-15(18)13-4-3-7-17(11-13)14-5-8-20-16(10-14)6-9-21-12-16/h13-14H,2-12H2,1H3/t13-,14?,16?/m0/s1. The molecule has 21 heavy (non-hydrogen) atoms. The van der Waals surface area contributed by atoms with Crippen LogP contribution in [-0.4, -0.2) is 60.3 Å². The Balaban J connectivity index is 1.59. The molecular formula is C16H27NO3S. The predicted octanol–water partition coefficient (Wildman–Crippen LogP) is 2.32. The molecule has 0 aromatic carbocycles. The molecule has 0 aliphatic carbocycles. The first-order chi connectivity index (χ1) is 10.2. The fraction of sp³-hybridized carbons (Fsp3) is 0.938. The van der Waals surface area contributed by atoms with E-state index >= 15 is 0 Å². The second kappa shape index (κ2) is 6.88. The molecule has 120 valence electrons. The van der Waals surface area contributed by atoms with Gasteiger partial charge in [-0.25, -0.2) is 0 Å². The van der Waals surface area contributed by atoms with E-state index in [1.165, 1.54) is 12.2 Å². The average Bonchev–Trinajstić information content (AvgIpc) is 2.95. The highest BCUT2D eigenvalue weighted by molar-refractivity contribution is 7.99. The van der Waals surface area contributed by atoms with Crippen LogP contribution in [-0.2, 0) is 14.3 Å². The fourth-order valence-corrected chi connectivity index (χ4v) is 5.35. The predicted molar refractivity (Wildman–Crippen MR) is 84.6 cm³/mol. The van der Waals surface area contributed by atoms with E-state index in [9.17, 15) is 4.79 Å². The Kier molecular flexibility index (Phi) is 5.12. The minimum absolute atomic E-state index is 0.000365. The van der Waals surface area contributed by atoms with E-state index in [4.69, 9.17) is 9.47 Å². The summed E-state index contributed by atoms with van der Waals surface area (Å²) in [5, 5.41) is 0. The molecule has 3 atom stereocenters. The molecule has 0 aromatic rings. The molecule has 0 N–H and O–H groups in total. The van der Waals surface area contributed by atoms with Gasteiger partial charge in [0.15, 0.2) is 0 Å². The first kappa shape index (κ1) is 15.6. The summed E-state index contributed by atoms with van der Waals surface area (Å²) in [6.45, 7) is 5.27. The van der Waals surface area contributed by atoms with Crippen molar-refractivity contribution in [3.8, 4) is 0 Å². The number of esters is 1. The third-order valence-corrected chi connectivity index (χ3v) is 6.35. The molecule has 4 nitrogen and oxygen atoms in total. The van der Waals surface area contributed by atoms with Gasteiger partial charge in [-0.2, -0.15) is 11.8 Å². The largest absolute Gasteiger partial charge is 0.466 e. The monoisotopic (exact) mass is 313 g/mol. The van der Waals surface area contributed by atoms with Crippen LogP contribution in [0, 0.1) is 5.92 Å². The van der Waals surface area contributed by atoms with Gasteiger partial charge in [0.25, 0.3) is 0 Å². The van der Waals surface area contributed by atoms with Gasteiger partial charge < -0.3 is 9.47 Å². The third kappa shape index (κ3) is 3.57. The summed E-state index contributed by atoms with van der Waals surface area (Å²) in [4.78, 5) is 14.5. The van der Waals surface area contributed by atoms with Gasteiger partial charge in [-0.15, -0.1) is 0 Å². The smallest absolute Gasteiger partial charge is 0.310 e. The molecule has 3 aliphatic rings. The van der Waals surface area contributed by atoms with Crippen LogP contribution in [0.3, 0.4) is 0 Å². The normalized spacial score (nSPS) is 37.8. The van der Waals surface area contributed by atoms with Crippen molar-refractivity contribution in [2.75, 3.05) is 37.8 Å². The van der Waals surface area contributed by atoms with Crippen molar-refractivity contribution in [1.82, 2.24) is 4.90 Å². The molecule has 1 spiro atoms. The average molecular weight is 313 g/mol. The number of rotatable bonds is 3. The Bertz CT molecular complexity index is 371. The molecule has 2 unspecified atom stereocenters. The van der Waals surface area contributed by atoms with Gasteiger partial charge in [0, 0.05) is 24.9 Å². The van der Waals surface area contributed by atoms with Crippen molar-refractivity contribution in [2.24, 2.45) is 5.92 Å². The molecule has 0 bridgehead atoms. The highest BCUT2D eigenvalue weighted by Gasteiger charge is 2.43. The molecule has 3 saturated heterocycles. The number of hydrogen-bond donors (Lipinski definition) is 0. The number of thioether (sulfide) groups is 1. The molecule has 0 aromatic heterocycles. The van der Waals surface area contributed by atoms with Gasteiger partial charge in [0.1, 0.15) is 0 Å². The third-order valence-electron chi connectivity index (χ3n) is 5.12. The number of likely N-dealkylation sites (tertiary alicyclic amines) is 1. The number of nitrogens with zero attached hydrogens (tertiary/aromatic N) is 1. The molecular weight excluding hydrogens is 286 g/mol. The van der Waals surface area contributed by atoms with Gasteiger partial charge in [-0.1, -0.05) is 0 Å². The highest BCUT2D eigenvalue weighted by Crippen LogP contribution is 2.40. The van der Waals surface area contributed by atoms with Crippen LogP contribution in [0.15, 0.2) is 0 Å². The second-order valence-electron chi connectivity index (χ2n) is 6.57. The van der Waals surface area contributed by atoms with Crippen LogP contribution in [0.4, 0.5) is 0 Å².